The number of nitrogens with one attached hydrogen (secondary N) is 1. The third kappa shape index (κ3) is 3.71. The van der Waals surface area contributed by atoms with Gasteiger partial charge in [0.25, 0.3) is 0 Å². The zero-order chi connectivity index (χ0) is 13.0. The Morgan fingerprint density at radius 3 is 2.56 bits per heavy atom. The molecule has 0 aliphatic heterocycles. The Morgan fingerprint density at radius 1 is 1.39 bits per heavy atom. The number of halogens is 2. The molecule has 18 heavy (non-hydrogen) atoms. The van der Waals surface area contributed by atoms with Gasteiger partial charge in [0.1, 0.15) is 10.4 Å². The fourth-order valence-electron chi connectivity index (χ4n) is 2.37. The van der Waals surface area contributed by atoms with Gasteiger partial charge in [-0.25, -0.2) is 0 Å². The van der Waals surface area contributed by atoms with Crippen LogP contribution in [0.1, 0.15) is 49.4 Å². The van der Waals surface area contributed by atoms with Crippen LogP contribution in [0.5, 0.6) is 0 Å². The first-order valence-corrected chi connectivity index (χ1v) is 8.30. The average molecular weight is 348 g/mol. The normalized spacial score (nSPS) is 19.2. The maximum atomic E-state index is 9.32. The molecular formula is C13H16BrClN2S. The Kier molecular flexibility index (Phi) is 5.50. The molecule has 1 heterocycles. The summed E-state index contributed by atoms with van der Waals surface area (Å²) >= 11 is 10.9. The number of thiophene rings is 1. The first-order valence-electron chi connectivity index (χ1n) is 6.31. The molecule has 98 valence electrons. The Bertz CT molecular complexity index is 413. The molecule has 0 bridgehead atoms. The monoisotopic (exact) mass is 346 g/mol. The third-order valence-electron chi connectivity index (χ3n) is 3.34. The zero-order valence-electron chi connectivity index (χ0n) is 10.1. The summed E-state index contributed by atoms with van der Waals surface area (Å²) in [5, 5.41) is 12.8. The van der Waals surface area contributed by atoms with Crippen LogP contribution >= 0.6 is 38.9 Å². The molecule has 1 saturated carbocycles. The highest BCUT2D eigenvalue weighted by Gasteiger charge is 2.20. The van der Waals surface area contributed by atoms with Gasteiger partial charge in [-0.05, 0) is 34.8 Å². The molecule has 1 N–H and O–H groups in total. The van der Waals surface area contributed by atoms with Gasteiger partial charge in [-0.1, -0.05) is 37.3 Å². The van der Waals surface area contributed by atoms with Gasteiger partial charge >= 0.3 is 0 Å². The Labute approximate surface area is 125 Å². The maximum Gasteiger partial charge on any atom is 0.130 e. The van der Waals surface area contributed by atoms with Crippen LogP contribution in [-0.4, -0.2) is 6.04 Å². The lowest BCUT2D eigenvalue weighted by Gasteiger charge is -2.19. The van der Waals surface area contributed by atoms with Crippen molar-refractivity contribution in [3.8, 4) is 6.07 Å². The first-order chi connectivity index (χ1) is 8.70. The predicted molar refractivity (Wildman–Crippen MR) is 80.0 cm³/mol. The summed E-state index contributed by atoms with van der Waals surface area (Å²) in [6, 6.07) is 4.53. The third-order valence-corrected chi connectivity index (χ3v) is 5.87. The quantitative estimate of drug-likeness (QED) is 0.777. The van der Waals surface area contributed by atoms with E-state index in [4.69, 9.17) is 11.6 Å². The van der Waals surface area contributed by atoms with E-state index in [2.05, 4.69) is 27.3 Å². The summed E-state index contributed by atoms with van der Waals surface area (Å²) in [6.45, 7) is 0. The Morgan fingerprint density at radius 2 is 2.06 bits per heavy atom. The molecule has 1 aliphatic rings. The molecule has 0 aromatic carbocycles. The van der Waals surface area contributed by atoms with Gasteiger partial charge in [-0.3, -0.25) is 5.32 Å². The molecule has 2 rings (SSSR count). The lowest BCUT2D eigenvalue weighted by atomic mass is 10.1. The minimum atomic E-state index is -0.234. The molecule has 2 nitrogen and oxygen atoms in total. The lowest BCUT2D eigenvalue weighted by Crippen LogP contribution is -2.31. The van der Waals surface area contributed by atoms with Crippen LogP contribution in [0.25, 0.3) is 0 Å². The van der Waals surface area contributed by atoms with Crippen LogP contribution in [0.2, 0.25) is 4.34 Å². The number of hydrogen-bond acceptors (Lipinski definition) is 3. The molecule has 1 unspecified atom stereocenters. The van der Waals surface area contributed by atoms with Gasteiger partial charge in [0, 0.05) is 15.4 Å². The highest BCUT2D eigenvalue weighted by molar-refractivity contribution is 9.10. The Hall–Kier alpha value is -0.0800. The van der Waals surface area contributed by atoms with Crippen molar-refractivity contribution in [3.63, 3.8) is 0 Å². The maximum absolute atomic E-state index is 9.32. The van der Waals surface area contributed by atoms with Crippen molar-refractivity contribution < 1.29 is 0 Å². The van der Waals surface area contributed by atoms with Crippen LogP contribution in [0.15, 0.2) is 10.5 Å². The molecule has 1 atom stereocenters. The van der Waals surface area contributed by atoms with E-state index in [-0.39, 0.29) is 6.04 Å². The smallest absolute Gasteiger partial charge is 0.130 e. The van der Waals surface area contributed by atoms with Crippen molar-refractivity contribution in [3.05, 3.63) is 19.8 Å². The fraction of sp³-hybridized carbons (Fsp3) is 0.615. The summed E-state index contributed by atoms with van der Waals surface area (Å²) in [5.74, 6) is 0. The van der Waals surface area contributed by atoms with Gasteiger partial charge < -0.3 is 0 Å². The zero-order valence-corrected chi connectivity index (χ0v) is 13.2. The second-order valence-electron chi connectivity index (χ2n) is 4.69. The standard InChI is InChI=1S/C13H16BrClN2S/c14-10-7-12(18-13(10)15)11(8-16)17-9-5-3-1-2-4-6-9/h7,9,11,17H,1-6H2. The predicted octanol–water partition coefficient (Wildman–Crippen LogP) is 5.04. The summed E-state index contributed by atoms with van der Waals surface area (Å²) in [6.07, 6.45) is 7.55. The van der Waals surface area contributed by atoms with Crippen molar-refractivity contribution in [1.29, 1.82) is 5.26 Å². The largest absolute Gasteiger partial charge is 0.295 e. The second-order valence-corrected chi connectivity index (χ2v) is 7.23. The molecule has 0 spiro atoms. The molecule has 5 heteroatoms. The molecular weight excluding hydrogens is 332 g/mol. The van der Waals surface area contributed by atoms with Gasteiger partial charge in [0.05, 0.1) is 6.07 Å². The topological polar surface area (TPSA) is 35.8 Å². The van der Waals surface area contributed by atoms with Crippen molar-refractivity contribution >= 4 is 38.9 Å². The van der Waals surface area contributed by atoms with Crippen LogP contribution in [0.4, 0.5) is 0 Å². The average Bonchev–Trinajstić information content (AvgIpc) is 2.59. The molecule has 0 amide bonds. The van der Waals surface area contributed by atoms with Gasteiger partial charge in [-0.2, -0.15) is 5.26 Å². The number of nitriles is 1. The van der Waals surface area contributed by atoms with Crippen molar-refractivity contribution in [2.75, 3.05) is 0 Å². The van der Waals surface area contributed by atoms with E-state index in [0.717, 1.165) is 9.35 Å². The van der Waals surface area contributed by atoms with E-state index in [1.54, 1.807) is 0 Å². The number of hydrogen-bond donors (Lipinski definition) is 1. The number of nitrogens with zero attached hydrogens (tertiary/aromatic N) is 1. The summed E-state index contributed by atoms with van der Waals surface area (Å²) < 4.78 is 1.60. The van der Waals surface area contributed by atoms with E-state index >= 15 is 0 Å². The molecule has 0 saturated heterocycles. The van der Waals surface area contributed by atoms with Gasteiger partial charge in [0.15, 0.2) is 0 Å². The van der Waals surface area contributed by atoms with E-state index in [1.165, 1.54) is 49.9 Å². The first kappa shape index (κ1) is 14.3. The highest BCUT2D eigenvalue weighted by atomic mass is 79.9. The molecule has 1 fully saturated rings. The summed E-state index contributed by atoms with van der Waals surface area (Å²) in [4.78, 5) is 0.999. The molecule has 1 aliphatic carbocycles. The molecule has 0 radical (unpaired) electrons. The molecule has 1 aromatic rings. The van der Waals surface area contributed by atoms with Gasteiger partial charge in [0.2, 0.25) is 0 Å². The Balaban J connectivity index is 2.02. The summed E-state index contributed by atoms with van der Waals surface area (Å²) in [5.41, 5.74) is 0. The van der Waals surface area contributed by atoms with Crippen molar-refractivity contribution in [2.45, 2.75) is 50.6 Å². The van der Waals surface area contributed by atoms with Crippen molar-refractivity contribution in [1.82, 2.24) is 5.32 Å². The van der Waals surface area contributed by atoms with E-state index in [1.807, 2.05) is 6.07 Å². The van der Waals surface area contributed by atoms with Crippen LogP contribution in [-0.2, 0) is 0 Å². The van der Waals surface area contributed by atoms with E-state index < -0.39 is 0 Å². The van der Waals surface area contributed by atoms with Crippen molar-refractivity contribution in [2.24, 2.45) is 0 Å². The van der Waals surface area contributed by atoms with Crippen LogP contribution in [0, 0.1) is 11.3 Å². The number of rotatable bonds is 3. The molecule has 1 aromatic heterocycles. The minimum Gasteiger partial charge on any atom is -0.295 e. The van der Waals surface area contributed by atoms with E-state index in [9.17, 15) is 5.26 Å². The van der Waals surface area contributed by atoms with Crippen LogP contribution in [0.3, 0.4) is 0 Å². The summed E-state index contributed by atoms with van der Waals surface area (Å²) in [7, 11) is 0. The highest BCUT2D eigenvalue weighted by Crippen LogP contribution is 2.35. The van der Waals surface area contributed by atoms with Gasteiger partial charge in [-0.15, -0.1) is 11.3 Å². The fourth-order valence-corrected chi connectivity index (χ4v) is 4.11. The SMILES string of the molecule is N#CC(NC1CCCCCC1)c1cc(Br)c(Cl)s1. The lowest BCUT2D eigenvalue weighted by molar-refractivity contribution is 0.439. The van der Waals surface area contributed by atoms with Crippen LogP contribution < -0.4 is 5.32 Å². The second kappa shape index (κ2) is 6.91. The minimum absolute atomic E-state index is 0.234. The van der Waals surface area contributed by atoms with E-state index in [0.29, 0.717) is 10.4 Å².